The molecule has 0 aromatic carbocycles. The van der Waals surface area contributed by atoms with Gasteiger partial charge in [-0.2, -0.15) is 0 Å². The van der Waals surface area contributed by atoms with Crippen LogP contribution in [0.2, 0.25) is 0 Å². The van der Waals surface area contributed by atoms with E-state index in [2.05, 4.69) is 4.74 Å². The van der Waals surface area contributed by atoms with E-state index in [9.17, 15) is 4.79 Å². The summed E-state index contributed by atoms with van der Waals surface area (Å²) in [5.74, 6) is 5.49. The number of esters is 1. The monoisotopic (exact) mass is 146 g/mol. The summed E-state index contributed by atoms with van der Waals surface area (Å²) in [5, 5.41) is 0. The van der Waals surface area contributed by atoms with Gasteiger partial charge in [0.25, 0.3) is 5.60 Å². The lowest BCUT2D eigenvalue weighted by molar-refractivity contribution is -0.144. The molecule has 2 nitrogen and oxygen atoms in total. The normalized spacial score (nSPS) is 8.55. The topological polar surface area (TPSA) is 26.3 Å². The molecule has 0 aliphatic heterocycles. The molecule has 0 unspecified atom stereocenters. The summed E-state index contributed by atoms with van der Waals surface area (Å²) < 4.78 is 4.54. The lowest BCUT2D eigenvalue weighted by atomic mass is 10.1. The molecule has 2 heteroatoms. The number of hydrogen-bond donors (Lipinski definition) is 0. The average molecular weight is 146 g/mol. The first-order valence-corrected chi connectivity index (χ1v) is 2.73. The van der Waals surface area contributed by atoms with Crippen LogP contribution in [0.1, 0.15) is 6.92 Å². The molecule has 0 saturated carbocycles. The molecule has 0 aromatic heterocycles. The van der Waals surface area contributed by atoms with Gasteiger partial charge < -0.3 is 4.74 Å². The Morgan fingerprint density at radius 1 is 1.27 bits per heavy atom. The predicted octanol–water partition coefficient (Wildman–Crippen LogP) is 0.188. The maximum Gasteiger partial charge on any atom is 0.305 e. The average Bonchev–Trinajstić information content (AvgIpc) is 2.00. The zero-order chi connectivity index (χ0) is 8.91. The number of terminal acetylenes is 3. The van der Waals surface area contributed by atoms with Crippen LogP contribution in [0.5, 0.6) is 0 Å². The van der Waals surface area contributed by atoms with Crippen molar-refractivity contribution in [3.8, 4) is 37.0 Å². The third kappa shape index (κ3) is 2.09. The zero-order valence-electron chi connectivity index (χ0n) is 6.05. The van der Waals surface area contributed by atoms with E-state index in [4.69, 9.17) is 19.3 Å². The van der Waals surface area contributed by atoms with Gasteiger partial charge >= 0.3 is 5.97 Å². The van der Waals surface area contributed by atoms with Crippen LogP contribution < -0.4 is 0 Å². The fraction of sp³-hybridized carbons (Fsp3) is 0.222. The second-order valence-electron chi connectivity index (χ2n) is 1.71. The third-order valence-corrected chi connectivity index (χ3v) is 0.907. The highest BCUT2D eigenvalue weighted by Crippen LogP contribution is 2.06. The maximum absolute atomic E-state index is 10.4. The molecule has 11 heavy (non-hydrogen) atoms. The molecule has 0 aliphatic rings. The van der Waals surface area contributed by atoms with Gasteiger partial charge in [-0.3, -0.25) is 4.79 Å². The van der Waals surface area contributed by atoms with Gasteiger partial charge in [-0.25, -0.2) is 0 Å². The van der Waals surface area contributed by atoms with E-state index in [-0.39, 0.29) is 0 Å². The van der Waals surface area contributed by atoms with Crippen LogP contribution >= 0.6 is 0 Å². The fourth-order valence-corrected chi connectivity index (χ4v) is 0.429. The summed E-state index contributed by atoms with van der Waals surface area (Å²) in [7, 11) is 0. The fourth-order valence-electron chi connectivity index (χ4n) is 0.429. The third-order valence-electron chi connectivity index (χ3n) is 0.907. The van der Waals surface area contributed by atoms with Gasteiger partial charge in [-0.15, -0.1) is 19.3 Å². The van der Waals surface area contributed by atoms with Crippen molar-refractivity contribution < 1.29 is 9.53 Å². The van der Waals surface area contributed by atoms with Gasteiger partial charge in [-0.05, 0) is 17.8 Å². The van der Waals surface area contributed by atoms with Gasteiger partial charge in [0.2, 0.25) is 0 Å². The van der Waals surface area contributed by atoms with E-state index in [1.165, 1.54) is 6.92 Å². The van der Waals surface area contributed by atoms with Crippen LogP contribution in [0.25, 0.3) is 0 Å². The molecule has 0 radical (unpaired) electrons. The summed E-state index contributed by atoms with van der Waals surface area (Å²) in [5.41, 5.74) is -1.62. The summed E-state index contributed by atoms with van der Waals surface area (Å²) in [6.45, 7) is 1.18. The highest BCUT2D eigenvalue weighted by Gasteiger charge is 2.24. The van der Waals surface area contributed by atoms with Gasteiger partial charge in [0.1, 0.15) is 0 Å². The highest BCUT2D eigenvalue weighted by molar-refractivity contribution is 5.68. The zero-order valence-corrected chi connectivity index (χ0v) is 6.05. The molecule has 0 amide bonds. The quantitative estimate of drug-likeness (QED) is 0.390. The molecule has 0 bridgehead atoms. The highest BCUT2D eigenvalue weighted by atomic mass is 16.6. The van der Waals surface area contributed by atoms with Gasteiger partial charge in [0.15, 0.2) is 0 Å². The number of rotatable bonds is 1. The van der Waals surface area contributed by atoms with Crippen LogP contribution in [0, 0.1) is 37.0 Å². The maximum atomic E-state index is 10.4. The van der Waals surface area contributed by atoms with Crippen LogP contribution in [0.3, 0.4) is 0 Å². The summed E-state index contributed by atoms with van der Waals surface area (Å²) in [6.07, 6.45) is 14.9. The standard InChI is InChI=1S/C9H6O2/c1-5-9(6-2,7-3)11-8(4)10/h1-3H,4H3. The Hall–Kier alpha value is -1.85. The van der Waals surface area contributed by atoms with E-state index in [0.29, 0.717) is 0 Å². The first-order valence-electron chi connectivity index (χ1n) is 2.73. The molecular formula is C9H6O2. The Kier molecular flexibility index (Phi) is 2.79. The van der Waals surface area contributed by atoms with Crippen molar-refractivity contribution >= 4 is 5.97 Å². The van der Waals surface area contributed by atoms with E-state index in [1.54, 1.807) is 0 Å². The lowest BCUT2D eigenvalue weighted by Crippen LogP contribution is -2.28. The van der Waals surface area contributed by atoms with Crippen molar-refractivity contribution in [1.29, 1.82) is 0 Å². The Morgan fingerprint density at radius 2 is 1.64 bits per heavy atom. The van der Waals surface area contributed by atoms with Crippen molar-refractivity contribution in [2.75, 3.05) is 0 Å². The Balaban J connectivity index is 4.68. The molecule has 0 N–H and O–H groups in total. The van der Waals surface area contributed by atoms with E-state index in [0.717, 1.165) is 0 Å². The molecule has 54 valence electrons. The summed E-state index contributed by atoms with van der Waals surface area (Å²) in [4.78, 5) is 10.4. The molecule has 0 atom stereocenters. The molecule has 0 fully saturated rings. The van der Waals surface area contributed by atoms with Crippen molar-refractivity contribution in [1.82, 2.24) is 0 Å². The number of hydrogen-bond acceptors (Lipinski definition) is 2. The van der Waals surface area contributed by atoms with E-state index >= 15 is 0 Å². The predicted molar refractivity (Wildman–Crippen MR) is 41.0 cm³/mol. The van der Waals surface area contributed by atoms with Crippen molar-refractivity contribution in [3.05, 3.63) is 0 Å². The molecule has 0 heterocycles. The van der Waals surface area contributed by atoms with Crippen molar-refractivity contribution in [3.63, 3.8) is 0 Å². The second kappa shape index (κ2) is 3.35. The van der Waals surface area contributed by atoms with E-state index < -0.39 is 11.6 Å². The number of carbonyl (C=O) groups excluding carboxylic acids is 1. The summed E-state index contributed by atoms with van der Waals surface area (Å²) in [6, 6.07) is 0. The number of ether oxygens (including phenoxy) is 1. The molecular weight excluding hydrogens is 140 g/mol. The summed E-state index contributed by atoms with van der Waals surface area (Å²) >= 11 is 0. The van der Waals surface area contributed by atoms with Gasteiger partial charge in [0.05, 0.1) is 0 Å². The smallest absolute Gasteiger partial charge is 0.305 e. The second-order valence-corrected chi connectivity index (χ2v) is 1.71. The van der Waals surface area contributed by atoms with Crippen molar-refractivity contribution in [2.45, 2.75) is 12.5 Å². The molecule has 0 saturated heterocycles. The minimum atomic E-state index is -1.62. The molecule has 0 spiro atoms. The van der Waals surface area contributed by atoms with Crippen LogP contribution in [0.15, 0.2) is 0 Å². The van der Waals surface area contributed by atoms with Gasteiger partial charge in [-0.1, -0.05) is 0 Å². The first-order chi connectivity index (χ1) is 5.10. The molecule has 0 aliphatic carbocycles. The number of carbonyl (C=O) groups is 1. The first kappa shape index (κ1) is 9.15. The van der Waals surface area contributed by atoms with Crippen LogP contribution in [-0.2, 0) is 9.53 Å². The van der Waals surface area contributed by atoms with Crippen molar-refractivity contribution in [2.24, 2.45) is 0 Å². The minimum absolute atomic E-state index is 0.598. The van der Waals surface area contributed by atoms with E-state index in [1.807, 2.05) is 17.8 Å². The minimum Gasteiger partial charge on any atom is -0.423 e. The molecule has 0 rings (SSSR count). The van der Waals surface area contributed by atoms with Crippen LogP contribution in [0.4, 0.5) is 0 Å². The Labute approximate surface area is 65.9 Å². The lowest BCUT2D eigenvalue weighted by Gasteiger charge is -2.13. The molecule has 0 aromatic rings. The Morgan fingerprint density at radius 3 is 1.73 bits per heavy atom. The van der Waals surface area contributed by atoms with Gasteiger partial charge in [0, 0.05) is 6.92 Å². The SMILES string of the molecule is C#CC(C#C)(C#C)OC(C)=O. The van der Waals surface area contributed by atoms with Crippen LogP contribution in [-0.4, -0.2) is 11.6 Å². The largest absolute Gasteiger partial charge is 0.423 e. The Bertz CT molecular complexity index is 244.